The molecular formula is C17H16N6O5. The Bertz CT molecular complexity index is 874. The van der Waals surface area contributed by atoms with Crippen LogP contribution in [0.1, 0.15) is 25.0 Å². The second-order valence-corrected chi connectivity index (χ2v) is 5.56. The van der Waals surface area contributed by atoms with Gasteiger partial charge in [-0.1, -0.05) is 0 Å². The SMILES string of the molecule is CC(=NNC(=O)NN=C(C)c1ccc([N+](=O)[O-])cc1)c1ccc([N+](=O)[O-])cc1. The van der Waals surface area contributed by atoms with E-state index >= 15 is 0 Å². The van der Waals surface area contributed by atoms with Crippen molar-refractivity contribution < 1.29 is 14.6 Å². The van der Waals surface area contributed by atoms with Crippen molar-refractivity contribution in [2.75, 3.05) is 0 Å². The average Bonchev–Trinajstić information content (AvgIpc) is 2.70. The predicted octanol–water partition coefficient (Wildman–Crippen LogP) is 2.95. The number of urea groups is 1. The van der Waals surface area contributed by atoms with Crippen molar-refractivity contribution in [1.29, 1.82) is 0 Å². The summed E-state index contributed by atoms with van der Waals surface area (Å²) in [6.07, 6.45) is 0. The summed E-state index contributed by atoms with van der Waals surface area (Å²) in [6.45, 7) is 3.26. The zero-order valence-corrected chi connectivity index (χ0v) is 14.9. The molecular weight excluding hydrogens is 368 g/mol. The van der Waals surface area contributed by atoms with Gasteiger partial charge in [-0.3, -0.25) is 20.2 Å². The van der Waals surface area contributed by atoms with Crippen molar-refractivity contribution in [3.05, 3.63) is 79.9 Å². The van der Waals surface area contributed by atoms with Crippen molar-refractivity contribution in [2.45, 2.75) is 13.8 Å². The molecule has 28 heavy (non-hydrogen) atoms. The van der Waals surface area contributed by atoms with E-state index in [9.17, 15) is 25.0 Å². The maximum atomic E-state index is 11.8. The molecule has 0 atom stereocenters. The molecule has 2 rings (SSSR count). The molecule has 0 unspecified atom stereocenters. The molecule has 11 heteroatoms. The zero-order valence-electron chi connectivity index (χ0n) is 14.9. The first kappa shape index (κ1) is 20.2. The highest BCUT2D eigenvalue weighted by atomic mass is 16.6. The topological polar surface area (TPSA) is 152 Å². The fraction of sp³-hybridized carbons (Fsp3) is 0.118. The number of rotatable bonds is 6. The Kier molecular flexibility index (Phi) is 6.47. The molecule has 144 valence electrons. The number of nitro groups is 2. The Morgan fingerprint density at radius 1 is 0.750 bits per heavy atom. The number of benzene rings is 2. The maximum Gasteiger partial charge on any atom is 0.355 e. The minimum atomic E-state index is -0.692. The van der Waals surface area contributed by atoms with Crippen LogP contribution in [0.4, 0.5) is 16.2 Å². The molecule has 0 fully saturated rings. The first-order valence-corrected chi connectivity index (χ1v) is 7.92. The Balaban J connectivity index is 1.95. The summed E-state index contributed by atoms with van der Waals surface area (Å²) < 4.78 is 0. The van der Waals surface area contributed by atoms with Crippen LogP contribution in [0.25, 0.3) is 0 Å². The molecule has 11 nitrogen and oxygen atoms in total. The van der Waals surface area contributed by atoms with E-state index in [4.69, 9.17) is 0 Å². The molecule has 0 radical (unpaired) electrons. The molecule has 0 saturated carbocycles. The number of hydrazone groups is 2. The van der Waals surface area contributed by atoms with Gasteiger partial charge in [0.1, 0.15) is 0 Å². The first-order chi connectivity index (χ1) is 13.3. The van der Waals surface area contributed by atoms with Gasteiger partial charge in [-0.25, -0.2) is 15.6 Å². The van der Waals surface area contributed by atoms with Crippen molar-refractivity contribution in [3.8, 4) is 0 Å². The van der Waals surface area contributed by atoms with Crippen LogP contribution in [0.5, 0.6) is 0 Å². The van der Waals surface area contributed by atoms with Crippen molar-refractivity contribution >= 4 is 28.8 Å². The number of carbonyl (C=O) groups is 1. The van der Waals surface area contributed by atoms with Crippen LogP contribution in [0.15, 0.2) is 58.7 Å². The van der Waals surface area contributed by atoms with Crippen LogP contribution in [0.2, 0.25) is 0 Å². The molecule has 0 heterocycles. The number of hydrogen-bond acceptors (Lipinski definition) is 7. The normalized spacial score (nSPS) is 11.6. The van der Waals surface area contributed by atoms with Crippen LogP contribution in [-0.2, 0) is 0 Å². The van der Waals surface area contributed by atoms with E-state index in [1.807, 2.05) is 0 Å². The van der Waals surface area contributed by atoms with Gasteiger partial charge in [-0.05, 0) is 49.2 Å². The highest BCUT2D eigenvalue weighted by molar-refractivity contribution is 6.00. The zero-order chi connectivity index (χ0) is 20.7. The van der Waals surface area contributed by atoms with Crippen LogP contribution < -0.4 is 10.9 Å². The van der Waals surface area contributed by atoms with Gasteiger partial charge >= 0.3 is 6.03 Å². The minimum absolute atomic E-state index is 0.0432. The average molecular weight is 384 g/mol. The van der Waals surface area contributed by atoms with E-state index in [0.717, 1.165) is 0 Å². The van der Waals surface area contributed by atoms with Crippen molar-refractivity contribution in [2.24, 2.45) is 10.2 Å². The maximum absolute atomic E-state index is 11.8. The Labute approximate surface area is 159 Å². The molecule has 2 N–H and O–H groups in total. The highest BCUT2D eigenvalue weighted by Crippen LogP contribution is 2.13. The van der Waals surface area contributed by atoms with Crippen LogP contribution in [0, 0.1) is 20.2 Å². The molecule has 0 aliphatic heterocycles. The van der Waals surface area contributed by atoms with Crippen molar-refractivity contribution in [3.63, 3.8) is 0 Å². The fourth-order valence-corrected chi connectivity index (χ4v) is 2.07. The van der Waals surface area contributed by atoms with Crippen LogP contribution in [0.3, 0.4) is 0 Å². The van der Waals surface area contributed by atoms with E-state index in [-0.39, 0.29) is 11.4 Å². The summed E-state index contributed by atoms with van der Waals surface area (Å²) in [6, 6.07) is 10.8. The van der Waals surface area contributed by atoms with Gasteiger partial charge in [0, 0.05) is 24.3 Å². The van der Waals surface area contributed by atoms with E-state index in [2.05, 4.69) is 21.1 Å². The molecule has 0 bridgehead atoms. The van der Waals surface area contributed by atoms with E-state index in [0.29, 0.717) is 22.6 Å². The highest BCUT2D eigenvalue weighted by Gasteiger charge is 2.07. The fourth-order valence-electron chi connectivity index (χ4n) is 2.07. The number of amides is 2. The van der Waals surface area contributed by atoms with Crippen molar-refractivity contribution in [1.82, 2.24) is 10.9 Å². The number of nitrogens with zero attached hydrogens (tertiary/aromatic N) is 4. The number of nitrogens with one attached hydrogen (secondary N) is 2. The lowest BCUT2D eigenvalue weighted by Crippen LogP contribution is -2.30. The third kappa shape index (κ3) is 5.42. The summed E-state index contributed by atoms with van der Waals surface area (Å²) in [5.41, 5.74) is 6.53. The second kappa shape index (κ2) is 8.98. The lowest BCUT2D eigenvalue weighted by molar-refractivity contribution is -0.385. The molecule has 0 saturated heterocycles. The molecule has 2 aromatic rings. The van der Waals surface area contributed by atoms with E-state index in [1.165, 1.54) is 48.5 Å². The molecule has 0 aromatic heterocycles. The molecule has 0 aliphatic carbocycles. The summed E-state index contributed by atoms with van der Waals surface area (Å²) >= 11 is 0. The number of carbonyl (C=O) groups excluding carboxylic acids is 1. The summed E-state index contributed by atoms with van der Waals surface area (Å²) in [4.78, 5) is 32.1. The monoisotopic (exact) mass is 384 g/mol. The lowest BCUT2D eigenvalue weighted by Gasteiger charge is -2.04. The largest absolute Gasteiger partial charge is 0.355 e. The Morgan fingerprint density at radius 3 is 1.36 bits per heavy atom. The molecule has 0 spiro atoms. The predicted molar refractivity (Wildman–Crippen MR) is 102 cm³/mol. The molecule has 2 amide bonds. The van der Waals surface area contributed by atoms with Gasteiger partial charge in [0.2, 0.25) is 0 Å². The summed E-state index contributed by atoms with van der Waals surface area (Å²) in [5.74, 6) is 0. The van der Waals surface area contributed by atoms with E-state index in [1.54, 1.807) is 13.8 Å². The van der Waals surface area contributed by atoms with Gasteiger partial charge in [0.05, 0.1) is 21.3 Å². The van der Waals surface area contributed by atoms with Gasteiger partial charge in [-0.15, -0.1) is 0 Å². The van der Waals surface area contributed by atoms with E-state index < -0.39 is 15.9 Å². The summed E-state index contributed by atoms with van der Waals surface area (Å²) in [5, 5.41) is 29.1. The Morgan fingerprint density at radius 2 is 1.07 bits per heavy atom. The van der Waals surface area contributed by atoms with Gasteiger partial charge in [0.25, 0.3) is 11.4 Å². The lowest BCUT2D eigenvalue weighted by atomic mass is 10.1. The smallest absolute Gasteiger partial charge is 0.258 e. The Hall–Kier alpha value is -4.15. The van der Waals surface area contributed by atoms with Crippen LogP contribution in [-0.4, -0.2) is 27.3 Å². The number of hydrogen-bond donors (Lipinski definition) is 2. The van der Waals surface area contributed by atoms with Gasteiger partial charge in [-0.2, -0.15) is 10.2 Å². The number of non-ortho nitro benzene ring substituents is 2. The third-order valence-corrected chi connectivity index (χ3v) is 3.64. The second-order valence-electron chi connectivity index (χ2n) is 5.56. The third-order valence-electron chi connectivity index (χ3n) is 3.64. The molecule has 0 aliphatic rings. The standard InChI is InChI=1S/C17H16N6O5/c1-11(13-3-7-15(8-4-13)22(25)26)18-20-17(24)21-19-12(2)14-5-9-16(10-6-14)23(27)28/h3-10H,1-2H3,(H2,20,21,24). The van der Waals surface area contributed by atoms with Crippen LogP contribution >= 0.6 is 0 Å². The van der Waals surface area contributed by atoms with Gasteiger partial charge < -0.3 is 0 Å². The molecule has 2 aromatic carbocycles. The quantitative estimate of drug-likeness (QED) is 0.445. The minimum Gasteiger partial charge on any atom is -0.258 e. The number of nitro benzene ring substituents is 2. The summed E-state index contributed by atoms with van der Waals surface area (Å²) in [7, 11) is 0. The van der Waals surface area contributed by atoms with Gasteiger partial charge in [0.15, 0.2) is 0 Å². The first-order valence-electron chi connectivity index (χ1n) is 7.92.